The number of hydrogen-bond acceptors (Lipinski definition) is 5. The minimum absolute atomic E-state index is 0.130. The van der Waals surface area contributed by atoms with Crippen molar-refractivity contribution in [2.45, 2.75) is 19.5 Å². The Labute approximate surface area is 103 Å². The van der Waals surface area contributed by atoms with E-state index in [0.29, 0.717) is 6.54 Å². The summed E-state index contributed by atoms with van der Waals surface area (Å²) in [5.41, 5.74) is -0.142. The number of ether oxygens (including phenoxy) is 1. The van der Waals surface area contributed by atoms with E-state index in [2.05, 4.69) is 22.2 Å². The minimum Gasteiger partial charge on any atom is -0.476 e. The Bertz CT molecular complexity index is 443. The van der Waals surface area contributed by atoms with Crippen LogP contribution in [0.15, 0.2) is 18.9 Å². The van der Waals surface area contributed by atoms with Gasteiger partial charge in [0.05, 0.1) is 12.7 Å². The second kappa shape index (κ2) is 6.38. The van der Waals surface area contributed by atoms with Gasteiger partial charge < -0.3 is 15.2 Å². The molecule has 8 nitrogen and oxygen atoms in total. The molecule has 98 valence electrons. The molecule has 0 spiro atoms. The highest BCUT2D eigenvalue weighted by Crippen LogP contribution is 1.95. The zero-order chi connectivity index (χ0) is 13.5. The van der Waals surface area contributed by atoms with Crippen LogP contribution in [0.25, 0.3) is 0 Å². The van der Waals surface area contributed by atoms with E-state index in [1.54, 1.807) is 6.92 Å². The molecule has 8 heteroatoms. The molecule has 2 N–H and O–H groups in total. The maximum absolute atomic E-state index is 11.2. The SMILES string of the molecule is C=CCOC(=O)N[C@@H](C)Cn1cc(C(=O)O)nn1. The number of carbonyl (C=O) groups excluding carboxylic acids is 1. The van der Waals surface area contributed by atoms with Crippen LogP contribution in [0.2, 0.25) is 0 Å². The minimum atomic E-state index is -1.15. The van der Waals surface area contributed by atoms with Crippen molar-refractivity contribution in [1.29, 1.82) is 0 Å². The van der Waals surface area contributed by atoms with Crippen molar-refractivity contribution in [3.05, 3.63) is 24.5 Å². The van der Waals surface area contributed by atoms with Gasteiger partial charge in [-0.2, -0.15) is 0 Å². The Hall–Kier alpha value is -2.38. The Morgan fingerprint density at radius 3 is 3.00 bits per heavy atom. The van der Waals surface area contributed by atoms with Gasteiger partial charge in [0.15, 0.2) is 5.69 Å². The number of carbonyl (C=O) groups is 2. The fourth-order valence-corrected chi connectivity index (χ4v) is 1.19. The third-order valence-electron chi connectivity index (χ3n) is 1.92. The van der Waals surface area contributed by atoms with Crippen LogP contribution in [-0.2, 0) is 11.3 Å². The molecule has 0 saturated carbocycles. The first-order valence-corrected chi connectivity index (χ1v) is 5.20. The summed E-state index contributed by atoms with van der Waals surface area (Å²) < 4.78 is 6.07. The van der Waals surface area contributed by atoms with Gasteiger partial charge in [0.2, 0.25) is 0 Å². The van der Waals surface area contributed by atoms with Gasteiger partial charge in [0, 0.05) is 6.04 Å². The molecule has 1 aromatic rings. The molecule has 1 amide bonds. The van der Waals surface area contributed by atoms with E-state index in [1.165, 1.54) is 17.0 Å². The fourth-order valence-electron chi connectivity index (χ4n) is 1.19. The molecule has 0 bridgehead atoms. The molecule has 1 aromatic heterocycles. The maximum Gasteiger partial charge on any atom is 0.407 e. The second-order valence-electron chi connectivity index (χ2n) is 3.56. The summed E-state index contributed by atoms with van der Waals surface area (Å²) in [4.78, 5) is 21.8. The van der Waals surface area contributed by atoms with Gasteiger partial charge in [0.1, 0.15) is 6.61 Å². The van der Waals surface area contributed by atoms with E-state index in [0.717, 1.165) is 0 Å². The monoisotopic (exact) mass is 254 g/mol. The molecule has 0 aromatic carbocycles. The smallest absolute Gasteiger partial charge is 0.407 e. The molecular weight excluding hydrogens is 240 g/mol. The van der Waals surface area contributed by atoms with Crippen LogP contribution in [0.3, 0.4) is 0 Å². The number of alkyl carbamates (subject to hydrolysis) is 1. The Balaban J connectivity index is 2.43. The quantitative estimate of drug-likeness (QED) is 0.706. The largest absolute Gasteiger partial charge is 0.476 e. The molecule has 0 aliphatic rings. The van der Waals surface area contributed by atoms with Crippen LogP contribution in [0.4, 0.5) is 4.79 Å². The third-order valence-corrected chi connectivity index (χ3v) is 1.92. The van der Waals surface area contributed by atoms with E-state index < -0.39 is 12.1 Å². The highest BCUT2D eigenvalue weighted by Gasteiger charge is 2.12. The van der Waals surface area contributed by atoms with Crippen LogP contribution < -0.4 is 5.32 Å². The molecule has 0 saturated heterocycles. The van der Waals surface area contributed by atoms with E-state index in [-0.39, 0.29) is 18.3 Å². The zero-order valence-electron chi connectivity index (χ0n) is 9.87. The highest BCUT2D eigenvalue weighted by molar-refractivity contribution is 5.84. The number of carboxylic acid groups (broad SMARTS) is 1. The Morgan fingerprint density at radius 1 is 1.72 bits per heavy atom. The first-order chi connectivity index (χ1) is 8.52. The van der Waals surface area contributed by atoms with Crippen molar-refractivity contribution in [2.24, 2.45) is 0 Å². The average molecular weight is 254 g/mol. The summed E-state index contributed by atoms with van der Waals surface area (Å²) in [5.74, 6) is -1.15. The summed E-state index contributed by atoms with van der Waals surface area (Å²) >= 11 is 0. The van der Waals surface area contributed by atoms with Gasteiger partial charge in [-0.3, -0.25) is 0 Å². The van der Waals surface area contributed by atoms with E-state index in [4.69, 9.17) is 9.84 Å². The molecule has 0 aliphatic carbocycles. The molecule has 1 atom stereocenters. The topological polar surface area (TPSA) is 106 Å². The van der Waals surface area contributed by atoms with Crippen molar-refractivity contribution >= 4 is 12.1 Å². The van der Waals surface area contributed by atoms with E-state index >= 15 is 0 Å². The van der Waals surface area contributed by atoms with Crippen LogP contribution in [0.5, 0.6) is 0 Å². The predicted octanol–water partition coefficient (Wildman–Crippen LogP) is 0.277. The van der Waals surface area contributed by atoms with Crippen LogP contribution >= 0.6 is 0 Å². The van der Waals surface area contributed by atoms with Crippen molar-refractivity contribution < 1.29 is 19.4 Å². The first kappa shape index (κ1) is 13.7. The zero-order valence-corrected chi connectivity index (χ0v) is 9.87. The van der Waals surface area contributed by atoms with Crippen LogP contribution in [-0.4, -0.2) is 44.8 Å². The lowest BCUT2D eigenvalue weighted by molar-refractivity contribution is 0.0690. The summed E-state index contributed by atoms with van der Waals surface area (Å²) in [6.07, 6.45) is 2.18. The Kier molecular flexibility index (Phi) is 4.85. The lowest BCUT2D eigenvalue weighted by Crippen LogP contribution is -2.36. The molecule has 18 heavy (non-hydrogen) atoms. The number of nitrogens with zero attached hydrogens (tertiary/aromatic N) is 3. The molecule has 1 heterocycles. The lowest BCUT2D eigenvalue weighted by Gasteiger charge is -2.12. The molecule has 0 radical (unpaired) electrons. The predicted molar refractivity (Wildman–Crippen MR) is 61.1 cm³/mol. The van der Waals surface area contributed by atoms with Gasteiger partial charge in [-0.05, 0) is 6.92 Å². The summed E-state index contributed by atoms with van der Waals surface area (Å²) in [5, 5.41) is 18.3. The number of hydrogen-bond donors (Lipinski definition) is 2. The number of amides is 1. The summed E-state index contributed by atoms with van der Waals surface area (Å²) in [7, 11) is 0. The molecule has 0 fully saturated rings. The fraction of sp³-hybridized carbons (Fsp3) is 0.400. The van der Waals surface area contributed by atoms with Gasteiger partial charge in [-0.25, -0.2) is 14.3 Å². The first-order valence-electron chi connectivity index (χ1n) is 5.20. The standard InChI is InChI=1S/C10H14N4O4/c1-3-4-18-10(17)11-7(2)5-14-6-8(9(15)16)12-13-14/h3,6-7H,1,4-5H2,2H3,(H,11,17)(H,15,16)/t7-/m0/s1. The van der Waals surface area contributed by atoms with Crippen LogP contribution in [0, 0.1) is 0 Å². The molecular formula is C10H14N4O4. The van der Waals surface area contributed by atoms with Crippen molar-refractivity contribution in [2.75, 3.05) is 6.61 Å². The highest BCUT2D eigenvalue weighted by atomic mass is 16.5. The molecule has 1 rings (SSSR count). The second-order valence-corrected chi connectivity index (χ2v) is 3.56. The number of aromatic carboxylic acids is 1. The van der Waals surface area contributed by atoms with Crippen molar-refractivity contribution in [3.8, 4) is 0 Å². The average Bonchev–Trinajstić information content (AvgIpc) is 2.74. The number of carboxylic acids is 1. The van der Waals surface area contributed by atoms with Gasteiger partial charge in [-0.1, -0.05) is 17.9 Å². The number of rotatable bonds is 6. The number of nitrogens with one attached hydrogen (secondary N) is 1. The molecule has 0 unspecified atom stereocenters. The Morgan fingerprint density at radius 2 is 2.44 bits per heavy atom. The number of aromatic nitrogens is 3. The van der Waals surface area contributed by atoms with Gasteiger partial charge >= 0.3 is 12.1 Å². The maximum atomic E-state index is 11.2. The van der Waals surface area contributed by atoms with E-state index in [1.807, 2.05) is 0 Å². The normalized spacial score (nSPS) is 11.6. The lowest BCUT2D eigenvalue weighted by atomic mass is 10.3. The molecule has 0 aliphatic heterocycles. The summed E-state index contributed by atoms with van der Waals surface area (Å²) in [6.45, 7) is 5.57. The third kappa shape index (κ3) is 4.24. The van der Waals surface area contributed by atoms with Crippen LogP contribution in [0.1, 0.15) is 17.4 Å². The van der Waals surface area contributed by atoms with Gasteiger partial charge in [-0.15, -0.1) is 5.10 Å². The summed E-state index contributed by atoms with van der Waals surface area (Å²) in [6, 6.07) is -0.273. The van der Waals surface area contributed by atoms with Gasteiger partial charge in [0.25, 0.3) is 0 Å². The van der Waals surface area contributed by atoms with Crippen molar-refractivity contribution in [1.82, 2.24) is 20.3 Å². The van der Waals surface area contributed by atoms with Crippen molar-refractivity contribution in [3.63, 3.8) is 0 Å². The van der Waals surface area contributed by atoms with E-state index in [9.17, 15) is 9.59 Å².